The molecule has 0 spiro atoms. The molecular weight excluding hydrogens is 675 g/mol. The van der Waals surface area contributed by atoms with Crippen molar-refractivity contribution in [2.45, 2.75) is 91.1 Å². The Morgan fingerprint density at radius 1 is 0.633 bits per heavy atom. The van der Waals surface area contributed by atoms with Crippen molar-refractivity contribution in [3.63, 3.8) is 0 Å². The Bertz CT molecular complexity index is 1110. The van der Waals surface area contributed by atoms with Gasteiger partial charge in [0.15, 0.2) is 6.17 Å². The zero-order valence-corrected chi connectivity index (χ0v) is 30.8. The second-order valence-corrected chi connectivity index (χ2v) is 13.7. The van der Waals surface area contributed by atoms with Crippen LogP contribution in [-0.4, -0.2) is 136 Å². The van der Waals surface area contributed by atoms with Crippen molar-refractivity contribution < 1.29 is 43.2 Å². The van der Waals surface area contributed by atoms with Crippen LogP contribution >= 0.6 is 23.5 Å². The van der Waals surface area contributed by atoms with Gasteiger partial charge in [0, 0.05) is 97.1 Å². The van der Waals surface area contributed by atoms with Crippen LogP contribution in [-0.2, 0) is 43.2 Å². The van der Waals surface area contributed by atoms with Gasteiger partial charge >= 0.3 is 0 Å². The van der Waals surface area contributed by atoms with Crippen molar-refractivity contribution in [3.05, 3.63) is 0 Å². The van der Waals surface area contributed by atoms with E-state index < -0.39 is 35.7 Å². The molecule has 14 nitrogen and oxygen atoms in total. The molecular formula is C33H53N5O9S2. The molecule has 49 heavy (non-hydrogen) atoms. The number of ketones is 3. The van der Waals surface area contributed by atoms with E-state index in [1.54, 1.807) is 20.8 Å². The van der Waals surface area contributed by atoms with Gasteiger partial charge in [-0.1, -0.05) is 20.8 Å². The summed E-state index contributed by atoms with van der Waals surface area (Å²) in [4.78, 5) is 117. The van der Waals surface area contributed by atoms with Gasteiger partial charge in [-0.05, 0) is 17.9 Å². The highest BCUT2D eigenvalue weighted by atomic mass is 32.2. The topological polar surface area (TPSA) is 187 Å². The number of Topliss-reactive ketones (excluding diaryl/α,β-unsaturated/α-hetero) is 3. The van der Waals surface area contributed by atoms with Crippen LogP contribution in [0.4, 0.5) is 0 Å². The van der Waals surface area contributed by atoms with E-state index in [1.165, 1.54) is 38.2 Å². The highest BCUT2D eigenvalue weighted by molar-refractivity contribution is 8.00. The van der Waals surface area contributed by atoms with E-state index in [0.29, 0.717) is 37.1 Å². The lowest BCUT2D eigenvalue weighted by molar-refractivity contribution is -0.141. The predicted molar refractivity (Wildman–Crippen MR) is 189 cm³/mol. The van der Waals surface area contributed by atoms with E-state index >= 15 is 0 Å². The fraction of sp³-hybridized carbons (Fsp3) is 0.727. The van der Waals surface area contributed by atoms with E-state index in [-0.39, 0.29) is 107 Å². The number of nitrogens with one attached hydrogen (secondary N) is 2. The Hall–Kier alpha value is -3.27. The van der Waals surface area contributed by atoms with Crippen LogP contribution in [0, 0.1) is 0 Å². The maximum absolute atomic E-state index is 14.0. The number of hydrogen-bond acceptors (Lipinski definition) is 11. The molecule has 1 rings (SSSR count). The van der Waals surface area contributed by atoms with E-state index in [9.17, 15) is 43.2 Å². The zero-order chi connectivity index (χ0) is 36.6. The van der Waals surface area contributed by atoms with E-state index in [0.717, 1.165) is 6.42 Å². The van der Waals surface area contributed by atoms with Crippen LogP contribution < -0.4 is 10.6 Å². The Kier molecular flexibility index (Phi) is 22.9. The van der Waals surface area contributed by atoms with Gasteiger partial charge in [0.1, 0.15) is 23.6 Å². The average Bonchev–Trinajstić information content (AvgIpc) is 3.09. The molecule has 1 heterocycles. The first kappa shape index (κ1) is 43.8. The number of carbonyl (C=O) groups is 9. The number of hydrogen-bond donors (Lipinski definition) is 2. The maximum atomic E-state index is 14.0. The number of rotatable bonds is 22. The number of carbonyl (C=O) groups excluding carboxylic acids is 9. The Balaban J connectivity index is 3.26. The molecule has 0 radical (unpaired) electrons. The van der Waals surface area contributed by atoms with Crippen molar-refractivity contribution in [2.75, 3.05) is 62.3 Å². The third-order valence-electron chi connectivity index (χ3n) is 7.79. The minimum atomic E-state index is -1.44. The molecule has 5 amide bonds. The van der Waals surface area contributed by atoms with Crippen LogP contribution in [0.3, 0.4) is 0 Å². The van der Waals surface area contributed by atoms with Crippen molar-refractivity contribution in [2.24, 2.45) is 0 Å². The lowest BCUT2D eigenvalue weighted by Gasteiger charge is -2.30. The third kappa shape index (κ3) is 18.9. The van der Waals surface area contributed by atoms with Crippen LogP contribution in [0.5, 0.6) is 0 Å². The Morgan fingerprint density at radius 2 is 1.02 bits per heavy atom. The summed E-state index contributed by atoms with van der Waals surface area (Å²) in [6, 6.07) is 0. The average molecular weight is 728 g/mol. The SMILES string of the molecule is CCC(=O)CCN(CCC=O)C(=O)CCN(CCC(=O)N(CCC(=O)CC)CCC(=O)CC)C(=O)C1NC(=O)CSCCCSCC(=O)N1. The monoisotopic (exact) mass is 727 g/mol. The molecule has 2 N–H and O–H groups in total. The summed E-state index contributed by atoms with van der Waals surface area (Å²) in [6.07, 6.45) is 0.958. The molecule has 276 valence electrons. The van der Waals surface area contributed by atoms with Gasteiger partial charge in [-0.25, -0.2) is 0 Å². The number of nitrogens with zero attached hydrogens (tertiary/aromatic N) is 3. The van der Waals surface area contributed by atoms with Gasteiger partial charge in [-0.2, -0.15) is 23.5 Å². The molecule has 1 saturated heterocycles. The summed E-state index contributed by atoms with van der Waals surface area (Å²) in [5, 5.41) is 5.16. The second-order valence-electron chi connectivity index (χ2n) is 11.5. The molecule has 1 fully saturated rings. The van der Waals surface area contributed by atoms with Gasteiger partial charge in [0.05, 0.1) is 11.5 Å². The van der Waals surface area contributed by atoms with Gasteiger partial charge in [0.25, 0.3) is 5.91 Å². The Labute approximate surface area is 297 Å². The van der Waals surface area contributed by atoms with Gasteiger partial charge in [0.2, 0.25) is 23.6 Å². The molecule has 16 heteroatoms. The molecule has 0 saturated carbocycles. The fourth-order valence-corrected chi connectivity index (χ4v) is 6.40. The normalized spacial score (nSPS) is 14.3. The standard InChI is InChI=1S/C33H53N5O9S2/c1-4-25(40)9-15-36(14-7-20-39)30(45)12-18-38(19-13-31(46)37(16-10-26(41)5-2)17-11-27(42)6-3)33(47)32-34-28(43)23-48-21-8-22-49-24-29(44)35-32/h20,32H,4-19,21-24H2,1-3H3,(H,34,43)(H,35,44). The quantitative estimate of drug-likeness (QED) is 0.154. The summed E-state index contributed by atoms with van der Waals surface area (Å²) in [5.74, 6) is -1.00. The van der Waals surface area contributed by atoms with Crippen LogP contribution in [0.1, 0.15) is 85.0 Å². The van der Waals surface area contributed by atoms with Gasteiger partial charge in [-0.15, -0.1) is 0 Å². The summed E-state index contributed by atoms with van der Waals surface area (Å²) < 4.78 is 0. The van der Waals surface area contributed by atoms with Crippen molar-refractivity contribution in [1.29, 1.82) is 0 Å². The summed E-state index contributed by atoms with van der Waals surface area (Å²) >= 11 is 2.81. The van der Waals surface area contributed by atoms with Crippen LogP contribution in [0.15, 0.2) is 0 Å². The largest absolute Gasteiger partial charge is 0.342 e. The molecule has 0 aromatic rings. The van der Waals surface area contributed by atoms with Crippen LogP contribution in [0.25, 0.3) is 0 Å². The minimum absolute atomic E-state index is 0.0417. The minimum Gasteiger partial charge on any atom is -0.342 e. The lowest BCUT2D eigenvalue weighted by Crippen LogP contribution is -2.59. The molecule has 1 aliphatic heterocycles. The first-order valence-corrected chi connectivity index (χ1v) is 19.3. The van der Waals surface area contributed by atoms with Gasteiger partial charge < -0.3 is 30.1 Å². The first-order chi connectivity index (χ1) is 23.4. The van der Waals surface area contributed by atoms with E-state index in [4.69, 9.17) is 0 Å². The number of thioether (sulfide) groups is 2. The smallest absolute Gasteiger partial charge is 0.265 e. The second kappa shape index (κ2) is 25.7. The van der Waals surface area contributed by atoms with Crippen molar-refractivity contribution >= 4 is 76.7 Å². The molecule has 1 aliphatic rings. The summed E-state index contributed by atoms with van der Waals surface area (Å²) in [6.45, 7) is 5.22. The predicted octanol–water partition coefficient (Wildman–Crippen LogP) is 1.38. The molecule has 0 bridgehead atoms. The molecule has 0 aliphatic carbocycles. The van der Waals surface area contributed by atoms with Crippen LogP contribution in [0.2, 0.25) is 0 Å². The highest BCUT2D eigenvalue weighted by Crippen LogP contribution is 2.11. The molecule has 0 atom stereocenters. The molecule has 0 aromatic heterocycles. The number of amides is 5. The fourth-order valence-electron chi connectivity index (χ4n) is 4.69. The first-order valence-electron chi connectivity index (χ1n) is 17.0. The zero-order valence-electron chi connectivity index (χ0n) is 29.1. The van der Waals surface area contributed by atoms with Crippen molar-refractivity contribution in [3.8, 4) is 0 Å². The highest BCUT2D eigenvalue weighted by Gasteiger charge is 2.30. The van der Waals surface area contributed by atoms with Crippen molar-refractivity contribution in [1.82, 2.24) is 25.3 Å². The molecule has 0 aromatic carbocycles. The maximum Gasteiger partial charge on any atom is 0.265 e. The number of aldehydes is 1. The van der Waals surface area contributed by atoms with E-state index in [2.05, 4.69) is 10.6 Å². The third-order valence-corrected chi connectivity index (χ3v) is 9.88. The Morgan fingerprint density at radius 3 is 1.41 bits per heavy atom. The summed E-state index contributed by atoms with van der Waals surface area (Å²) in [7, 11) is 0. The molecule has 0 unspecified atom stereocenters. The lowest BCUT2D eigenvalue weighted by atomic mass is 10.1. The van der Waals surface area contributed by atoms with E-state index in [1.807, 2.05) is 0 Å². The van der Waals surface area contributed by atoms with Gasteiger partial charge in [-0.3, -0.25) is 38.4 Å². The summed E-state index contributed by atoms with van der Waals surface area (Å²) in [5.41, 5.74) is 0.